The number of benzene rings is 1. The van der Waals surface area contributed by atoms with Crippen molar-refractivity contribution in [1.29, 1.82) is 0 Å². The summed E-state index contributed by atoms with van der Waals surface area (Å²) in [7, 11) is 0. The molecule has 2 rings (SSSR count). The molecule has 0 spiro atoms. The molecule has 0 fully saturated rings. The minimum absolute atomic E-state index is 0.0999. The van der Waals surface area contributed by atoms with Crippen molar-refractivity contribution in [3.8, 4) is 5.75 Å². The van der Waals surface area contributed by atoms with Crippen LogP contribution in [0.25, 0.3) is 11.0 Å². The first-order chi connectivity index (χ1) is 8.60. The predicted molar refractivity (Wildman–Crippen MR) is 67.0 cm³/mol. The minimum Gasteiger partial charge on any atom is -0.491 e. The molecule has 3 N–H and O–H groups in total. The maximum atomic E-state index is 11.0. The molecule has 0 saturated carbocycles. The number of nitrogens with two attached hydrogens (primary N) is 1. The van der Waals surface area contributed by atoms with E-state index in [1.54, 1.807) is 24.3 Å². The fraction of sp³-hybridized carbons (Fsp3) is 0.250. The van der Waals surface area contributed by atoms with Crippen molar-refractivity contribution in [1.82, 2.24) is 0 Å². The summed E-state index contributed by atoms with van der Waals surface area (Å²) >= 11 is 5.46. The third-order valence-electron chi connectivity index (χ3n) is 2.35. The molecule has 1 amide bonds. The molecule has 2 aromatic rings. The predicted octanol–water partition coefficient (Wildman–Crippen LogP) is 1.51. The van der Waals surface area contributed by atoms with Gasteiger partial charge in [0.2, 0.25) is 0 Å². The summed E-state index contributed by atoms with van der Waals surface area (Å²) in [5.41, 5.74) is 5.67. The van der Waals surface area contributed by atoms with Gasteiger partial charge in [0.15, 0.2) is 5.76 Å². The number of fused-ring (bicyclic) bond motifs is 1. The monoisotopic (exact) mass is 269 g/mol. The molecular weight excluding hydrogens is 258 g/mol. The van der Waals surface area contributed by atoms with Gasteiger partial charge in [-0.25, -0.2) is 0 Å². The maximum Gasteiger partial charge on any atom is 0.284 e. The Bertz CT molecular complexity index is 566. The average molecular weight is 270 g/mol. The lowest BCUT2D eigenvalue weighted by molar-refractivity contribution is 0.0976. The van der Waals surface area contributed by atoms with Crippen LogP contribution in [0.4, 0.5) is 0 Å². The van der Waals surface area contributed by atoms with Gasteiger partial charge in [0.05, 0.1) is 5.88 Å². The summed E-state index contributed by atoms with van der Waals surface area (Å²) in [6.45, 7) is 0.107. The number of ether oxygens (including phenoxy) is 1. The number of hydrogen-bond donors (Lipinski definition) is 2. The van der Waals surface area contributed by atoms with E-state index in [0.29, 0.717) is 16.7 Å². The Hall–Kier alpha value is -1.72. The molecule has 1 aromatic carbocycles. The van der Waals surface area contributed by atoms with Gasteiger partial charge in [0.1, 0.15) is 24.0 Å². The van der Waals surface area contributed by atoms with E-state index in [2.05, 4.69) is 0 Å². The van der Waals surface area contributed by atoms with E-state index in [-0.39, 0.29) is 18.2 Å². The van der Waals surface area contributed by atoms with Gasteiger partial charge in [-0.15, -0.1) is 11.6 Å². The summed E-state index contributed by atoms with van der Waals surface area (Å²) in [6, 6.07) is 6.59. The number of aliphatic hydroxyl groups is 1. The van der Waals surface area contributed by atoms with E-state index in [4.69, 9.17) is 26.5 Å². The third kappa shape index (κ3) is 2.75. The normalized spacial score (nSPS) is 12.6. The molecule has 1 aromatic heterocycles. The van der Waals surface area contributed by atoms with Gasteiger partial charge in [-0.3, -0.25) is 4.79 Å². The molecule has 5 nitrogen and oxygen atoms in total. The summed E-state index contributed by atoms with van der Waals surface area (Å²) in [5.74, 6) is 0.150. The van der Waals surface area contributed by atoms with Crippen LogP contribution in [-0.2, 0) is 0 Å². The van der Waals surface area contributed by atoms with Gasteiger partial charge in [-0.2, -0.15) is 0 Å². The standard InChI is InChI=1S/C12H12ClNO4/c13-5-8(15)6-17-9-1-2-10-7(3-9)4-11(18-10)12(14)16/h1-4,8,15H,5-6H2,(H2,14,16). The quantitative estimate of drug-likeness (QED) is 0.806. The number of hydrogen-bond acceptors (Lipinski definition) is 4. The van der Waals surface area contributed by atoms with Crippen molar-refractivity contribution in [2.75, 3.05) is 12.5 Å². The van der Waals surface area contributed by atoms with Crippen molar-refractivity contribution in [2.45, 2.75) is 6.10 Å². The number of carbonyl (C=O) groups is 1. The zero-order chi connectivity index (χ0) is 13.1. The van der Waals surface area contributed by atoms with E-state index >= 15 is 0 Å². The number of primary amides is 1. The van der Waals surface area contributed by atoms with E-state index < -0.39 is 12.0 Å². The van der Waals surface area contributed by atoms with Crippen molar-refractivity contribution in [3.05, 3.63) is 30.0 Å². The van der Waals surface area contributed by atoms with Crippen molar-refractivity contribution < 1.29 is 19.1 Å². The highest BCUT2D eigenvalue weighted by Crippen LogP contribution is 2.24. The number of carbonyl (C=O) groups excluding carboxylic acids is 1. The fourth-order valence-electron chi connectivity index (χ4n) is 1.47. The van der Waals surface area contributed by atoms with Crippen LogP contribution in [0.3, 0.4) is 0 Å². The average Bonchev–Trinajstić information content (AvgIpc) is 2.79. The van der Waals surface area contributed by atoms with Crippen LogP contribution in [0.5, 0.6) is 5.75 Å². The van der Waals surface area contributed by atoms with Crippen LogP contribution in [-0.4, -0.2) is 29.6 Å². The van der Waals surface area contributed by atoms with Crippen LogP contribution < -0.4 is 10.5 Å². The third-order valence-corrected chi connectivity index (χ3v) is 2.71. The smallest absolute Gasteiger partial charge is 0.284 e. The Morgan fingerprint density at radius 2 is 2.28 bits per heavy atom. The Balaban J connectivity index is 2.19. The zero-order valence-corrected chi connectivity index (χ0v) is 10.2. The molecule has 96 valence electrons. The molecule has 0 aliphatic rings. The number of rotatable bonds is 5. The second-order valence-corrected chi connectivity index (χ2v) is 4.10. The highest BCUT2D eigenvalue weighted by atomic mass is 35.5. The number of furan rings is 1. The maximum absolute atomic E-state index is 11.0. The van der Waals surface area contributed by atoms with Crippen LogP contribution in [0.15, 0.2) is 28.7 Å². The van der Waals surface area contributed by atoms with Gasteiger partial charge in [-0.05, 0) is 24.3 Å². The summed E-state index contributed by atoms with van der Waals surface area (Å²) in [6.07, 6.45) is -0.715. The molecule has 6 heteroatoms. The van der Waals surface area contributed by atoms with Crippen molar-refractivity contribution >= 4 is 28.5 Å². The molecule has 1 heterocycles. The van der Waals surface area contributed by atoms with Crippen LogP contribution in [0.1, 0.15) is 10.6 Å². The summed E-state index contributed by atoms with van der Waals surface area (Å²) < 4.78 is 10.6. The van der Waals surface area contributed by atoms with E-state index in [9.17, 15) is 9.90 Å². The second kappa shape index (κ2) is 5.29. The van der Waals surface area contributed by atoms with Crippen LogP contribution in [0.2, 0.25) is 0 Å². The first-order valence-electron chi connectivity index (χ1n) is 5.30. The number of halogens is 1. The van der Waals surface area contributed by atoms with Crippen molar-refractivity contribution in [2.24, 2.45) is 5.73 Å². The molecule has 0 saturated heterocycles. The summed E-state index contributed by atoms with van der Waals surface area (Å²) in [5, 5.41) is 9.98. The molecule has 1 unspecified atom stereocenters. The SMILES string of the molecule is NC(=O)c1cc2cc(OCC(O)CCl)ccc2o1. The van der Waals surface area contributed by atoms with E-state index in [1.807, 2.05) is 0 Å². The van der Waals surface area contributed by atoms with Gasteiger partial charge in [0, 0.05) is 5.39 Å². The Morgan fingerprint density at radius 1 is 1.50 bits per heavy atom. The van der Waals surface area contributed by atoms with Gasteiger partial charge < -0.3 is 20.0 Å². The topological polar surface area (TPSA) is 85.7 Å². The minimum atomic E-state index is -0.715. The second-order valence-electron chi connectivity index (χ2n) is 3.79. The Morgan fingerprint density at radius 3 is 2.94 bits per heavy atom. The molecule has 0 aliphatic carbocycles. The molecule has 0 aliphatic heterocycles. The number of alkyl halides is 1. The molecule has 18 heavy (non-hydrogen) atoms. The van der Waals surface area contributed by atoms with Crippen LogP contribution >= 0.6 is 11.6 Å². The lowest BCUT2D eigenvalue weighted by Gasteiger charge is -2.09. The van der Waals surface area contributed by atoms with Crippen LogP contribution in [0, 0.1) is 0 Å². The Kier molecular flexibility index (Phi) is 3.74. The van der Waals surface area contributed by atoms with E-state index in [1.165, 1.54) is 0 Å². The van der Waals surface area contributed by atoms with Gasteiger partial charge in [0.25, 0.3) is 5.91 Å². The molecule has 0 radical (unpaired) electrons. The fourth-order valence-corrected chi connectivity index (χ4v) is 1.56. The van der Waals surface area contributed by atoms with Crippen molar-refractivity contribution in [3.63, 3.8) is 0 Å². The highest BCUT2D eigenvalue weighted by Gasteiger charge is 2.10. The zero-order valence-electron chi connectivity index (χ0n) is 9.43. The first-order valence-corrected chi connectivity index (χ1v) is 5.84. The molecule has 0 bridgehead atoms. The lowest BCUT2D eigenvalue weighted by Crippen LogP contribution is -2.18. The first kappa shape index (κ1) is 12.7. The summed E-state index contributed by atoms with van der Waals surface area (Å²) in [4.78, 5) is 11.0. The lowest BCUT2D eigenvalue weighted by atomic mass is 10.2. The Labute approximate surface area is 108 Å². The number of amides is 1. The number of aliphatic hydroxyl groups excluding tert-OH is 1. The van der Waals surface area contributed by atoms with Gasteiger partial charge in [-0.1, -0.05) is 0 Å². The highest BCUT2D eigenvalue weighted by molar-refractivity contribution is 6.18. The molecule has 1 atom stereocenters. The largest absolute Gasteiger partial charge is 0.491 e. The van der Waals surface area contributed by atoms with E-state index in [0.717, 1.165) is 0 Å². The van der Waals surface area contributed by atoms with Gasteiger partial charge >= 0.3 is 0 Å². The molecular formula is C12H12ClNO4.